The SMILES string of the molecule is CC(=O)N1CC[C@@H](CC(=O)Nc2cc(Cl)cc(CN3CCN(C(=O)C4CCCC4)[C@@H](C)C3)c2C)C1. The maximum Gasteiger partial charge on any atom is 0.226 e. The number of rotatable bonds is 6. The van der Waals surface area contributed by atoms with E-state index in [2.05, 4.69) is 22.0 Å². The van der Waals surface area contributed by atoms with Crippen LogP contribution in [-0.4, -0.2) is 71.2 Å². The second-order valence-corrected chi connectivity index (χ2v) is 11.1. The molecule has 2 saturated heterocycles. The van der Waals surface area contributed by atoms with Crippen molar-refractivity contribution in [2.75, 3.05) is 38.0 Å². The molecule has 8 heteroatoms. The van der Waals surface area contributed by atoms with Gasteiger partial charge >= 0.3 is 0 Å². The van der Waals surface area contributed by atoms with Crippen molar-refractivity contribution in [3.05, 3.63) is 28.3 Å². The topological polar surface area (TPSA) is 73.0 Å². The molecule has 0 unspecified atom stereocenters. The molecule has 3 aliphatic rings. The van der Waals surface area contributed by atoms with Gasteiger partial charge < -0.3 is 15.1 Å². The predicted molar refractivity (Wildman–Crippen MR) is 138 cm³/mol. The first-order valence-corrected chi connectivity index (χ1v) is 13.5. The summed E-state index contributed by atoms with van der Waals surface area (Å²) < 4.78 is 0. The quantitative estimate of drug-likeness (QED) is 0.636. The van der Waals surface area contributed by atoms with Gasteiger partial charge in [0.15, 0.2) is 0 Å². The molecule has 2 atom stereocenters. The summed E-state index contributed by atoms with van der Waals surface area (Å²) in [5.41, 5.74) is 2.87. The van der Waals surface area contributed by atoms with Crippen LogP contribution in [0.2, 0.25) is 5.02 Å². The minimum absolute atomic E-state index is 0.0376. The standard InChI is InChI=1S/C27H39ClN4O3/c1-18-15-30(10-11-32(18)27(35)22-6-4-5-7-22)17-23-13-24(28)14-25(19(23)2)29-26(34)12-21-8-9-31(16-21)20(3)33/h13-14,18,21-22H,4-12,15-17H2,1-3H3,(H,29,34)/t18-,21-/m0/s1. The van der Waals surface area contributed by atoms with Crippen LogP contribution < -0.4 is 5.32 Å². The van der Waals surface area contributed by atoms with Crippen molar-refractivity contribution in [3.8, 4) is 0 Å². The van der Waals surface area contributed by atoms with Crippen LogP contribution in [0.5, 0.6) is 0 Å². The summed E-state index contributed by atoms with van der Waals surface area (Å²) >= 11 is 6.45. The molecule has 1 aromatic rings. The van der Waals surface area contributed by atoms with Crippen molar-refractivity contribution in [1.29, 1.82) is 0 Å². The summed E-state index contributed by atoms with van der Waals surface area (Å²) in [7, 11) is 0. The van der Waals surface area contributed by atoms with E-state index < -0.39 is 0 Å². The van der Waals surface area contributed by atoms with Crippen LogP contribution in [0.4, 0.5) is 5.69 Å². The molecule has 1 saturated carbocycles. The molecule has 3 amide bonds. The van der Waals surface area contributed by atoms with E-state index in [0.29, 0.717) is 23.9 Å². The summed E-state index contributed by atoms with van der Waals surface area (Å²) in [5, 5.41) is 3.67. The Morgan fingerprint density at radius 3 is 2.46 bits per heavy atom. The molecule has 3 fully saturated rings. The summed E-state index contributed by atoms with van der Waals surface area (Å²) in [6.07, 6.45) is 5.69. The third kappa shape index (κ3) is 6.36. The average molecular weight is 503 g/mol. The molecule has 192 valence electrons. The normalized spacial score (nSPS) is 23.7. The minimum atomic E-state index is -0.0376. The average Bonchev–Trinajstić information content (AvgIpc) is 3.49. The second kappa shape index (κ2) is 11.3. The van der Waals surface area contributed by atoms with Crippen LogP contribution in [0.25, 0.3) is 0 Å². The second-order valence-electron chi connectivity index (χ2n) is 10.7. The van der Waals surface area contributed by atoms with Gasteiger partial charge in [-0.3, -0.25) is 19.3 Å². The zero-order chi connectivity index (χ0) is 25.1. The summed E-state index contributed by atoms with van der Waals surface area (Å²) in [5.74, 6) is 0.792. The van der Waals surface area contributed by atoms with E-state index in [9.17, 15) is 14.4 Å². The lowest BCUT2D eigenvalue weighted by Gasteiger charge is -2.41. The predicted octanol–water partition coefficient (Wildman–Crippen LogP) is 4.07. The van der Waals surface area contributed by atoms with Crippen LogP contribution in [0.3, 0.4) is 0 Å². The van der Waals surface area contributed by atoms with Gasteiger partial charge in [0.25, 0.3) is 0 Å². The Labute approximate surface area is 214 Å². The van der Waals surface area contributed by atoms with Crippen LogP contribution in [0, 0.1) is 18.8 Å². The van der Waals surface area contributed by atoms with Gasteiger partial charge in [0.05, 0.1) is 0 Å². The number of benzene rings is 1. The lowest BCUT2D eigenvalue weighted by Crippen LogP contribution is -2.54. The van der Waals surface area contributed by atoms with Crippen molar-refractivity contribution in [2.24, 2.45) is 11.8 Å². The zero-order valence-corrected chi connectivity index (χ0v) is 22.1. The van der Waals surface area contributed by atoms with Gasteiger partial charge in [-0.1, -0.05) is 24.4 Å². The highest BCUT2D eigenvalue weighted by Crippen LogP contribution is 2.30. The lowest BCUT2D eigenvalue weighted by molar-refractivity contribution is -0.140. The maximum atomic E-state index is 12.9. The molecule has 1 aromatic carbocycles. The van der Waals surface area contributed by atoms with Gasteiger partial charge in [0, 0.05) is 75.3 Å². The molecule has 0 radical (unpaired) electrons. The van der Waals surface area contributed by atoms with E-state index in [1.165, 1.54) is 12.8 Å². The van der Waals surface area contributed by atoms with Crippen molar-refractivity contribution in [2.45, 2.75) is 71.9 Å². The molecule has 0 spiro atoms. The third-order valence-corrected chi connectivity index (χ3v) is 8.27. The molecule has 1 N–H and O–H groups in total. The monoisotopic (exact) mass is 502 g/mol. The van der Waals surface area contributed by atoms with E-state index in [4.69, 9.17) is 11.6 Å². The van der Waals surface area contributed by atoms with Gasteiger partial charge in [-0.15, -0.1) is 0 Å². The van der Waals surface area contributed by atoms with Crippen LogP contribution in [0.15, 0.2) is 12.1 Å². The number of likely N-dealkylation sites (tertiary alicyclic amines) is 1. The van der Waals surface area contributed by atoms with Crippen LogP contribution in [-0.2, 0) is 20.9 Å². The first-order valence-electron chi connectivity index (χ1n) is 13.1. The summed E-state index contributed by atoms with van der Waals surface area (Å²) in [6, 6.07) is 3.99. The number of amides is 3. The number of hydrogen-bond donors (Lipinski definition) is 1. The maximum absolute atomic E-state index is 12.9. The number of halogens is 1. The molecular formula is C27H39ClN4O3. The molecule has 1 aliphatic carbocycles. The fourth-order valence-electron chi connectivity index (χ4n) is 5.93. The van der Waals surface area contributed by atoms with Crippen molar-refractivity contribution < 1.29 is 14.4 Å². The lowest BCUT2D eigenvalue weighted by atomic mass is 10.0. The van der Waals surface area contributed by atoms with Crippen molar-refractivity contribution in [1.82, 2.24) is 14.7 Å². The summed E-state index contributed by atoms with van der Waals surface area (Å²) in [6.45, 7) is 10.3. The van der Waals surface area contributed by atoms with Gasteiger partial charge in [0.2, 0.25) is 17.7 Å². The number of carbonyl (C=O) groups is 3. The Balaban J connectivity index is 1.34. The molecule has 7 nitrogen and oxygen atoms in total. The van der Waals surface area contributed by atoms with Crippen molar-refractivity contribution in [3.63, 3.8) is 0 Å². The Morgan fingerprint density at radius 2 is 1.80 bits per heavy atom. The number of piperazine rings is 1. The third-order valence-electron chi connectivity index (χ3n) is 8.05. The van der Waals surface area contributed by atoms with E-state index >= 15 is 0 Å². The van der Waals surface area contributed by atoms with Gasteiger partial charge in [0.1, 0.15) is 0 Å². The first kappa shape index (κ1) is 26.0. The number of nitrogens with one attached hydrogen (secondary N) is 1. The molecule has 35 heavy (non-hydrogen) atoms. The van der Waals surface area contributed by atoms with Crippen molar-refractivity contribution >= 4 is 35.0 Å². The molecule has 2 heterocycles. The number of nitrogens with zero attached hydrogens (tertiary/aromatic N) is 3. The number of anilines is 1. The summed E-state index contributed by atoms with van der Waals surface area (Å²) in [4.78, 5) is 43.5. The minimum Gasteiger partial charge on any atom is -0.343 e. The fraction of sp³-hybridized carbons (Fsp3) is 0.667. The highest BCUT2D eigenvalue weighted by molar-refractivity contribution is 6.31. The molecule has 4 rings (SSSR count). The first-order chi connectivity index (χ1) is 16.7. The molecule has 0 bridgehead atoms. The van der Waals surface area contributed by atoms with Gasteiger partial charge in [-0.25, -0.2) is 0 Å². The Kier molecular flexibility index (Phi) is 8.38. The highest BCUT2D eigenvalue weighted by atomic mass is 35.5. The smallest absolute Gasteiger partial charge is 0.226 e. The van der Waals surface area contributed by atoms with E-state index in [0.717, 1.165) is 68.8 Å². The Bertz CT molecular complexity index is 962. The van der Waals surface area contributed by atoms with E-state index in [1.807, 2.05) is 24.0 Å². The number of carbonyl (C=O) groups excluding carboxylic acids is 3. The molecule has 2 aliphatic heterocycles. The van der Waals surface area contributed by atoms with Crippen LogP contribution in [0.1, 0.15) is 63.5 Å². The Morgan fingerprint density at radius 1 is 1.06 bits per heavy atom. The largest absolute Gasteiger partial charge is 0.343 e. The van der Waals surface area contributed by atoms with Gasteiger partial charge in [-0.2, -0.15) is 0 Å². The highest BCUT2D eigenvalue weighted by Gasteiger charge is 2.33. The number of hydrogen-bond acceptors (Lipinski definition) is 4. The van der Waals surface area contributed by atoms with Crippen LogP contribution >= 0.6 is 11.6 Å². The Hall–Kier alpha value is -2.12. The molecule has 0 aromatic heterocycles. The van der Waals surface area contributed by atoms with Gasteiger partial charge in [-0.05, 0) is 62.3 Å². The fourth-order valence-corrected chi connectivity index (χ4v) is 6.17. The van der Waals surface area contributed by atoms with E-state index in [1.54, 1.807) is 6.92 Å². The van der Waals surface area contributed by atoms with E-state index in [-0.39, 0.29) is 29.7 Å². The molecular weight excluding hydrogens is 464 g/mol. The zero-order valence-electron chi connectivity index (χ0n) is 21.3.